The van der Waals surface area contributed by atoms with E-state index in [2.05, 4.69) is 43.1 Å². The second kappa shape index (κ2) is 5.19. The van der Waals surface area contributed by atoms with Gasteiger partial charge in [-0.2, -0.15) is 0 Å². The van der Waals surface area contributed by atoms with Crippen LogP contribution < -0.4 is 10.4 Å². The van der Waals surface area contributed by atoms with E-state index < -0.39 is 0 Å². The predicted octanol–water partition coefficient (Wildman–Crippen LogP) is 1.96. The third kappa shape index (κ3) is 2.42. The first-order valence-corrected chi connectivity index (χ1v) is 6.44. The Morgan fingerprint density at radius 2 is 1.46 bits per heavy atom. The largest absolute Gasteiger partial charge is 0.114 e. The Balaban J connectivity index is 0.000000396. The molecule has 1 aliphatic rings. The summed E-state index contributed by atoms with van der Waals surface area (Å²) in [6.45, 7) is 6.25. The van der Waals surface area contributed by atoms with Crippen LogP contribution in [0.2, 0.25) is 0 Å². The zero-order valence-corrected chi connectivity index (χ0v) is 9.54. The summed E-state index contributed by atoms with van der Waals surface area (Å²) in [5.74, 6) is 0. The summed E-state index contributed by atoms with van der Waals surface area (Å²) in [4.78, 5) is 0. The van der Waals surface area contributed by atoms with Gasteiger partial charge in [0.1, 0.15) is 0 Å². The Bertz CT molecular complexity index is 330. The van der Waals surface area contributed by atoms with Crippen molar-refractivity contribution in [1.29, 1.82) is 0 Å². The molecule has 1 aromatic rings. The summed E-state index contributed by atoms with van der Waals surface area (Å²) >= 11 is 0. The lowest BCUT2D eigenvalue weighted by Gasteiger charge is -1.95. The summed E-state index contributed by atoms with van der Waals surface area (Å²) in [6.07, 6.45) is 4.71. The summed E-state index contributed by atoms with van der Waals surface area (Å²) in [5, 5.41) is 2.82. The number of hydrogen-bond donors (Lipinski definition) is 0. The lowest BCUT2D eigenvalue weighted by molar-refractivity contribution is 1.50. The molecule has 0 aliphatic heterocycles. The number of benzene rings is 1. The van der Waals surface area contributed by atoms with Gasteiger partial charge in [-0.05, 0) is 17.1 Å². The van der Waals surface area contributed by atoms with Crippen molar-refractivity contribution in [3.8, 4) is 0 Å². The van der Waals surface area contributed by atoms with Crippen molar-refractivity contribution in [2.75, 3.05) is 6.66 Å². The Labute approximate surface area is 82.2 Å². The number of hydrogen-bond acceptors (Lipinski definition) is 0. The molecule has 0 fully saturated rings. The van der Waals surface area contributed by atoms with E-state index in [1.54, 1.807) is 0 Å². The van der Waals surface area contributed by atoms with Crippen LogP contribution in [-0.4, -0.2) is 12.3 Å². The van der Waals surface area contributed by atoms with Crippen LogP contribution in [0.3, 0.4) is 0 Å². The molecule has 1 heteroatoms. The van der Waals surface area contributed by atoms with Crippen LogP contribution in [0, 0.1) is 0 Å². The van der Waals surface area contributed by atoms with Crippen molar-refractivity contribution in [2.45, 2.75) is 19.5 Å². The zero-order valence-electron chi connectivity index (χ0n) is 8.54. The number of fused-ring (bicyclic) bond motifs is 1. The molecule has 0 spiro atoms. The fourth-order valence-corrected chi connectivity index (χ4v) is 2.11. The summed E-state index contributed by atoms with van der Waals surface area (Å²) in [6, 6.07) is 8.58. The number of rotatable bonds is 1. The molecule has 0 bridgehead atoms. The lowest BCUT2D eigenvalue weighted by atomic mass is 10.3. The fourth-order valence-electron chi connectivity index (χ4n) is 1.42. The Hall–Kier alpha value is -0.610. The van der Waals surface area contributed by atoms with Crippen LogP contribution in [0.4, 0.5) is 0 Å². The minimum atomic E-state index is 0.701. The molecule has 1 aromatic carbocycles. The van der Waals surface area contributed by atoms with Crippen LogP contribution >= 0.6 is 8.58 Å². The van der Waals surface area contributed by atoms with E-state index in [1.165, 1.54) is 10.4 Å². The van der Waals surface area contributed by atoms with Crippen molar-refractivity contribution < 1.29 is 0 Å². The van der Waals surface area contributed by atoms with E-state index >= 15 is 0 Å². The third-order valence-corrected chi connectivity index (χ3v) is 3.05. The van der Waals surface area contributed by atoms with Crippen LogP contribution in [-0.2, 0) is 0 Å². The first-order chi connectivity index (χ1) is 6.40. The summed E-state index contributed by atoms with van der Waals surface area (Å²) in [7, 11) is 0.997. The van der Waals surface area contributed by atoms with E-state index in [0.717, 1.165) is 8.58 Å². The molecule has 0 nitrogen and oxygen atoms in total. The highest BCUT2D eigenvalue weighted by atomic mass is 31.1. The molecule has 13 heavy (non-hydrogen) atoms. The molecular weight excluding hydrogens is 175 g/mol. The van der Waals surface area contributed by atoms with Crippen LogP contribution in [0.1, 0.15) is 13.8 Å². The zero-order chi connectivity index (χ0) is 9.68. The lowest BCUT2D eigenvalue weighted by Crippen LogP contribution is -2.19. The molecule has 0 saturated heterocycles. The van der Waals surface area contributed by atoms with Gasteiger partial charge < -0.3 is 0 Å². The van der Waals surface area contributed by atoms with E-state index in [4.69, 9.17) is 0 Å². The van der Waals surface area contributed by atoms with E-state index in [1.807, 2.05) is 13.8 Å². The van der Waals surface area contributed by atoms with Gasteiger partial charge in [0, 0.05) is 5.66 Å². The second-order valence-corrected chi connectivity index (χ2v) is 4.02. The van der Waals surface area contributed by atoms with Gasteiger partial charge in [-0.15, -0.1) is 8.58 Å². The first kappa shape index (κ1) is 10.5. The van der Waals surface area contributed by atoms with Gasteiger partial charge in [0.25, 0.3) is 0 Å². The maximum absolute atomic E-state index is 2.35. The normalized spacial score (nSPS) is 14.4. The highest BCUT2D eigenvalue weighted by molar-refractivity contribution is 7.39. The molecule has 0 heterocycles. The Morgan fingerprint density at radius 3 is 1.85 bits per heavy atom. The van der Waals surface area contributed by atoms with Crippen LogP contribution in [0.15, 0.2) is 24.3 Å². The predicted molar refractivity (Wildman–Crippen MR) is 64.0 cm³/mol. The highest BCUT2D eigenvalue weighted by Crippen LogP contribution is 2.17. The van der Waals surface area contributed by atoms with Gasteiger partial charge in [-0.25, -0.2) is 0 Å². The van der Waals surface area contributed by atoms with Crippen molar-refractivity contribution in [2.24, 2.45) is 0 Å². The van der Waals surface area contributed by atoms with E-state index in [9.17, 15) is 0 Å². The van der Waals surface area contributed by atoms with Crippen molar-refractivity contribution in [3.63, 3.8) is 0 Å². The van der Waals surface area contributed by atoms with Gasteiger partial charge in [0.15, 0.2) is 0 Å². The smallest absolute Gasteiger partial charge is 0.0137 e. The Kier molecular flexibility index (Phi) is 4.18. The van der Waals surface area contributed by atoms with Gasteiger partial charge in [0.05, 0.1) is 0 Å². The van der Waals surface area contributed by atoms with E-state index in [-0.39, 0.29) is 0 Å². The van der Waals surface area contributed by atoms with Crippen molar-refractivity contribution in [1.82, 2.24) is 0 Å². The van der Waals surface area contributed by atoms with Crippen LogP contribution in [0.25, 0.3) is 12.2 Å². The van der Waals surface area contributed by atoms with E-state index in [0.29, 0.717) is 5.66 Å². The maximum atomic E-state index is 2.35. The average Bonchev–Trinajstić information content (AvgIpc) is 2.63. The molecule has 0 amide bonds. The molecule has 0 aromatic heterocycles. The standard InChI is InChI=1S/C10H11P.C2H6/c1-11-10-6-8-4-2-3-5-9(8)7-10;1-2/h2-7,10-11H,1H3;1-2H3. The molecule has 1 aliphatic carbocycles. The van der Waals surface area contributed by atoms with Crippen molar-refractivity contribution in [3.05, 3.63) is 34.7 Å². The molecule has 70 valence electrons. The topological polar surface area (TPSA) is 0 Å². The molecule has 2 rings (SSSR count). The quantitative estimate of drug-likeness (QED) is 0.597. The molecule has 1 unspecified atom stereocenters. The molecule has 0 saturated carbocycles. The van der Waals surface area contributed by atoms with Gasteiger partial charge >= 0.3 is 0 Å². The Morgan fingerprint density at radius 1 is 1.00 bits per heavy atom. The minimum absolute atomic E-state index is 0.701. The summed E-state index contributed by atoms with van der Waals surface area (Å²) < 4.78 is 0. The summed E-state index contributed by atoms with van der Waals surface area (Å²) in [5.41, 5.74) is 0.701. The third-order valence-electron chi connectivity index (χ3n) is 2.05. The fraction of sp³-hybridized carbons (Fsp3) is 0.333. The average molecular weight is 192 g/mol. The minimum Gasteiger partial charge on any atom is -0.114 e. The molecule has 0 radical (unpaired) electrons. The van der Waals surface area contributed by atoms with Crippen molar-refractivity contribution >= 4 is 20.7 Å². The van der Waals surface area contributed by atoms with Gasteiger partial charge in [0.2, 0.25) is 0 Å². The SMILES string of the molecule is CC.CPC1C=c2ccccc2=C1. The first-order valence-electron chi connectivity index (χ1n) is 4.86. The molecular formula is C12H17P. The van der Waals surface area contributed by atoms with Crippen LogP contribution in [0.5, 0.6) is 0 Å². The molecule has 1 atom stereocenters. The maximum Gasteiger partial charge on any atom is 0.0137 e. The molecule has 0 N–H and O–H groups in total. The monoisotopic (exact) mass is 192 g/mol. The van der Waals surface area contributed by atoms with Gasteiger partial charge in [-0.1, -0.05) is 50.3 Å². The second-order valence-electron chi connectivity index (χ2n) is 2.78. The highest BCUT2D eigenvalue weighted by Gasteiger charge is 2.02. The van der Waals surface area contributed by atoms with Gasteiger partial charge in [-0.3, -0.25) is 0 Å².